The van der Waals surface area contributed by atoms with Crippen LogP contribution in [-0.2, 0) is 9.59 Å². The predicted molar refractivity (Wildman–Crippen MR) is 144 cm³/mol. The van der Waals surface area contributed by atoms with E-state index in [2.05, 4.69) is 5.32 Å². The average molecular weight is 511 g/mol. The normalized spacial score (nSPS) is 15.2. The number of nitrogens with one attached hydrogen (secondary N) is 1. The van der Waals surface area contributed by atoms with E-state index in [4.69, 9.17) is 27.1 Å². The molecule has 2 aromatic heterocycles. The molecule has 1 aromatic carbocycles. The van der Waals surface area contributed by atoms with Gasteiger partial charge < -0.3 is 10.4 Å². The van der Waals surface area contributed by atoms with Crippen LogP contribution in [0.25, 0.3) is 11.7 Å². The lowest BCUT2D eigenvalue weighted by Crippen LogP contribution is -2.27. The zero-order chi connectivity index (χ0) is 25.7. The molecule has 1 amide bonds. The molecule has 1 saturated heterocycles. The molecule has 3 aromatic rings. The molecular formula is C25H26N4O4S2. The number of carboxylic acids is 1. The van der Waals surface area contributed by atoms with Gasteiger partial charge in [-0.3, -0.25) is 23.7 Å². The van der Waals surface area contributed by atoms with E-state index in [9.17, 15) is 9.59 Å². The lowest BCUT2D eigenvalue weighted by atomic mass is 10.1. The number of carbonyl (C=O) groups is 2. The van der Waals surface area contributed by atoms with Crippen LogP contribution in [0.2, 0.25) is 0 Å². The minimum Gasteiger partial charge on any atom is -0.481 e. The number of carboxylic acid groups (broad SMARTS) is 1. The highest BCUT2D eigenvalue weighted by Crippen LogP contribution is 2.33. The number of thioether (sulfide) groups is 1. The van der Waals surface area contributed by atoms with Gasteiger partial charge in [-0.25, -0.2) is 4.98 Å². The molecule has 35 heavy (non-hydrogen) atoms. The summed E-state index contributed by atoms with van der Waals surface area (Å²) in [6, 6.07) is 13.6. The summed E-state index contributed by atoms with van der Waals surface area (Å²) in [7, 11) is 0. The first kappa shape index (κ1) is 26.1. The number of hydrogen-bond acceptors (Lipinski definition) is 7. The van der Waals surface area contributed by atoms with Crippen molar-refractivity contribution in [2.24, 2.45) is 0 Å². The first-order valence-corrected chi connectivity index (χ1v) is 12.1. The van der Waals surface area contributed by atoms with Gasteiger partial charge in [-0.2, -0.15) is 0 Å². The van der Waals surface area contributed by atoms with Crippen LogP contribution < -0.4 is 10.9 Å². The zero-order valence-corrected chi connectivity index (χ0v) is 21.4. The summed E-state index contributed by atoms with van der Waals surface area (Å²) in [4.78, 5) is 41.9. The highest BCUT2D eigenvalue weighted by atomic mass is 32.2. The fraction of sp³-hybridized carbons (Fsp3) is 0.240. The molecule has 0 saturated carbocycles. The summed E-state index contributed by atoms with van der Waals surface area (Å²) >= 11 is 6.52. The van der Waals surface area contributed by atoms with E-state index in [1.54, 1.807) is 12.3 Å². The summed E-state index contributed by atoms with van der Waals surface area (Å²) in [5.41, 5.74) is 2.63. The van der Waals surface area contributed by atoms with Gasteiger partial charge >= 0.3 is 0 Å². The minimum absolute atomic E-state index is 0.0862. The van der Waals surface area contributed by atoms with E-state index in [0.717, 1.165) is 18.1 Å². The Morgan fingerprint density at radius 3 is 2.49 bits per heavy atom. The van der Waals surface area contributed by atoms with Crippen molar-refractivity contribution in [1.82, 2.24) is 14.3 Å². The van der Waals surface area contributed by atoms with Crippen molar-refractivity contribution in [3.63, 3.8) is 0 Å². The van der Waals surface area contributed by atoms with Crippen molar-refractivity contribution in [2.45, 2.75) is 33.7 Å². The number of anilines is 1. The Morgan fingerprint density at radius 1 is 1.23 bits per heavy atom. The van der Waals surface area contributed by atoms with Crippen LogP contribution in [-0.4, -0.2) is 42.1 Å². The van der Waals surface area contributed by atoms with Gasteiger partial charge in [0.1, 0.15) is 15.8 Å². The Bertz CT molecular complexity index is 1370. The molecule has 2 N–H and O–H groups in total. The number of thiocarbonyl (C=S) groups is 1. The zero-order valence-electron chi connectivity index (χ0n) is 19.8. The first-order valence-electron chi connectivity index (χ1n) is 10.9. The molecule has 0 bridgehead atoms. The highest BCUT2D eigenvalue weighted by Gasteiger charge is 2.31. The number of pyridine rings is 1. The molecule has 4 rings (SSSR count). The molecular weight excluding hydrogens is 484 g/mol. The van der Waals surface area contributed by atoms with Gasteiger partial charge in [0, 0.05) is 25.7 Å². The predicted octanol–water partition coefficient (Wildman–Crippen LogP) is 4.49. The number of aliphatic carboxylic acids is 1. The fourth-order valence-corrected chi connectivity index (χ4v) is 4.85. The Kier molecular flexibility index (Phi) is 8.42. The lowest BCUT2D eigenvalue weighted by Gasteiger charge is -2.18. The van der Waals surface area contributed by atoms with E-state index in [1.165, 1.54) is 21.1 Å². The maximum atomic E-state index is 13.4. The van der Waals surface area contributed by atoms with Crippen molar-refractivity contribution in [1.29, 1.82) is 0 Å². The molecule has 0 radical (unpaired) electrons. The summed E-state index contributed by atoms with van der Waals surface area (Å²) < 4.78 is 2.01. The van der Waals surface area contributed by atoms with Gasteiger partial charge in [0.2, 0.25) is 0 Å². The molecule has 1 aliphatic rings. The number of hydrogen-bond donors (Lipinski definition) is 2. The summed E-state index contributed by atoms with van der Waals surface area (Å²) in [6.07, 6.45) is 3.30. The number of nitrogens with zero attached hydrogens (tertiary/aromatic N) is 3. The van der Waals surface area contributed by atoms with Crippen LogP contribution in [0, 0.1) is 6.92 Å². The average Bonchev–Trinajstić information content (AvgIpc) is 3.09. The summed E-state index contributed by atoms with van der Waals surface area (Å²) in [5.74, 6) is -0.578. The number of benzene rings is 1. The topological polar surface area (TPSA) is 104 Å². The fourth-order valence-electron chi connectivity index (χ4n) is 3.49. The Labute approximate surface area is 212 Å². The van der Waals surface area contributed by atoms with E-state index in [1.807, 2.05) is 63.2 Å². The molecule has 8 nitrogen and oxygen atoms in total. The molecule has 0 spiro atoms. The first-order chi connectivity index (χ1) is 16.6. The second-order valence-corrected chi connectivity index (χ2v) is 9.46. The van der Waals surface area contributed by atoms with Crippen molar-refractivity contribution >= 4 is 57.7 Å². The van der Waals surface area contributed by atoms with Gasteiger partial charge in [-0.15, -0.1) is 0 Å². The lowest BCUT2D eigenvalue weighted by molar-refractivity contribution is -0.134. The van der Waals surface area contributed by atoms with Crippen LogP contribution in [0.15, 0.2) is 58.4 Å². The third kappa shape index (κ3) is 5.95. The van der Waals surface area contributed by atoms with Gasteiger partial charge in [0.25, 0.3) is 17.4 Å². The quantitative estimate of drug-likeness (QED) is 0.382. The standard InChI is InChI=1S/C23H22N4O2S2.C2H4O2/c1-4-26-22(29)18(31-23(26)30)13-17-19(24-15(3)16-10-6-5-7-11-16)25-20-14(2)9-8-12-27(20)21(17)28;1-2(3)4/h5-13,15,24H,4H2,1-3H3;1H3,(H,3,4). The Balaban J connectivity index is 0.000000795. The minimum atomic E-state index is -0.833. The highest BCUT2D eigenvalue weighted by molar-refractivity contribution is 8.26. The number of aryl methyl sites for hydroxylation is 1. The van der Waals surface area contributed by atoms with Crippen molar-refractivity contribution in [2.75, 3.05) is 11.9 Å². The van der Waals surface area contributed by atoms with Crippen LogP contribution in [0.3, 0.4) is 0 Å². The third-order valence-electron chi connectivity index (χ3n) is 5.20. The number of carbonyl (C=O) groups excluding carboxylic acids is 1. The number of rotatable bonds is 5. The molecule has 10 heteroatoms. The van der Waals surface area contributed by atoms with Crippen molar-refractivity contribution in [3.05, 3.63) is 80.6 Å². The number of amides is 1. The molecule has 0 aliphatic carbocycles. The number of likely N-dealkylation sites (N-methyl/N-ethyl adjacent to an activating group) is 1. The van der Waals surface area contributed by atoms with Crippen LogP contribution in [0.4, 0.5) is 5.82 Å². The smallest absolute Gasteiger partial charge is 0.300 e. The molecule has 182 valence electrons. The third-order valence-corrected chi connectivity index (χ3v) is 6.58. The second kappa shape index (κ2) is 11.3. The molecule has 1 aliphatic heterocycles. The number of aromatic nitrogens is 2. The van der Waals surface area contributed by atoms with Crippen LogP contribution in [0.5, 0.6) is 0 Å². The summed E-state index contributed by atoms with van der Waals surface area (Å²) in [6.45, 7) is 7.37. The molecule has 3 heterocycles. The molecule has 1 fully saturated rings. The van der Waals surface area contributed by atoms with Gasteiger partial charge in [-0.1, -0.05) is 60.4 Å². The van der Waals surface area contributed by atoms with Crippen LogP contribution in [0.1, 0.15) is 43.5 Å². The maximum Gasteiger partial charge on any atom is 0.300 e. The van der Waals surface area contributed by atoms with E-state index >= 15 is 0 Å². The van der Waals surface area contributed by atoms with Gasteiger partial charge in [0.15, 0.2) is 0 Å². The maximum absolute atomic E-state index is 13.4. The van der Waals surface area contributed by atoms with E-state index in [0.29, 0.717) is 32.8 Å². The number of fused-ring (bicyclic) bond motifs is 1. The largest absolute Gasteiger partial charge is 0.481 e. The van der Waals surface area contributed by atoms with E-state index in [-0.39, 0.29) is 17.5 Å². The SMILES string of the molecule is CC(=O)O.CCN1C(=O)C(=Cc2c(NC(C)c3ccccc3)nc3c(C)cccn3c2=O)SC1=S. The Hall–Kier alpha value is -3.50. The monoisotopic (exact) mass is 510 g/mol. The molecule has 1 unspecified atom stereocenters. The molecule has 1 atom stereocenters. The second-order valence-electron chi connectivity index (χ2n) is 7.79. The summed E-state index contributed by atoms with van der Waals surface area (Å²) in [5, 5.41) is 10.8. The van der Waals surface area contributed by atoms with Crippen LogP contribution >= 0.6 is 24.0 Å². The van der Waals surface area contributed by atoms with Crippen molar-refractivity contribution in [3.8, 4) is 0 Å². The van der Waals surface area contributed by atoms with Gasteiger partial charge in [-0.05, 0) is 44.0 Å². The van der Waals surface area contributed by atoms with E-state index < -0.39 is 5.97 Å². The Morgan fingerprint density at radius 2 is 1.89 bits per heavy atom. The van der Waals surface area contributed by atoms with Crippen molar-refractivity contribution < 1.29 is 14.7 Å². The van der Waals surface area contributed by atoms with Gasteiger partial charge in [0.05, 0.1) is 10.5 Å².